The number of nitrogens with two attached hydrogens (primary N) is 2. The molecule has 0 radical (unpaired) electrons. The van der Waals surface area contributed by atoms with E-state index in [-0.39, 0.29) is 22.3 Å². The van der Waals surface area contributed by atoms with Crippen molar-refractivity contribution in [2.75, 3.05) is 26.5 Å². The second-order valence-corrected chi connectivity index (χ2v) is 8.71. The van der Waals surface area contributed by atoms with Gasteiger partial charge < -0.3 is 21.7 Å². The van der Waals surface area contributed by atoms with Gasteiger partial charge in [-0.1, -0.05) is 11.6 Å². The number of amidine groups is 1. The van der Waals surface area contributed by atoms with Crippen LogP contribution in [0, 0.1) is 23.6 Å². The summed E-state index contributed by atoms with van der Waals surface area (Å²) in [5, 5.41) is 2.63. The maximum absolute atomic E-state index is 13.4. The Bertz CT molecular complexity index is 839. The van der Waals surface area contributed by atoms with E-state index < -0.39 is 11.7 Å². The average Bonchev–Trinajstić information content (AvgIpc) is 3.24. The van der Waals surface area contributed by atoms with Crippen molar-refractivity contribution >= 4 is 29.0 Å². The average molecular weight is 422 g/mol. The lowest BCUT2D eigenvalue weighted by molar-refractivity contribution is -0.112. The van der Waals surface area contributed by atoms with Crippen molar-refractivity contribution in [3.05, 3.63) is 40.3 Å². The van der Waals surface area contributed by atoms with Crippen LogP contribution in [0.25, 0.3) is 0 Å². The predicted octanol–water partition coefficient (Wildman–Crippen LogP) is 2.98. The molecule has 5 N–H and O–H groups in total. The van der Waals surface area contributed by atoms with Crippen LogP contribution in [0.4, 0.5) is 10.1 Å². The summed E-state index contributed by atoms with van der Waals surface area (Å²) < 4.78 is 13.4. The summed E-state index contributed by atoms with van der Waals surface area (Å²) >= 11 is 5.81. The molecule has 0 heterocycles. The van der Waals surface area contributed by atoms with Crippen LogP contribution in [0.1, 0.15) is 25.7 Å². The van der Waals surface area contributed by atoms with Crippen molar-refractivity contribution in [2.45, 2.75) is 31.7 Å². The van der Waals surface area contributed by atoms with Gasteiger partial charge in [0, 0.05) is 24.5 Å². The highest BCUT2D eigenvalue weighted by Crippen LogP contribution is 2.49. The Morgan fingerprint density at radius 3 is 2.34 bits per heavy atom. The number of nitrogens with zero attached hydrogens (tertiary/aromatic N) is 2. The summed E-state index contributed by atoms with van der Waals surface area (Å²) in [4.78, 5) is 19.2. The molecule has 3 rings (SSSR count). The molecule has 0 aromatic heterocycles. The van der Waals surface area contributed by atoms with Crippen molar-refractivity contribution in [2.24, 2.45) is 34.2 Å². The minimum atomic E-state index is -0.553. The standard InChI is InChI=1S/C21H29ClFN5O/c1-26-20(25)18(21(29)27-14-4-5-17(23)16(22)10-14)19(24)13-6-11-8-15(28(2)3)9-12(11)7-13/h4-5,10-13,15H,6-9,24H2,1-3H3,(H2,25,26)(H,27,29)/b19-18+. The minimum absolute atomic E-state index is 0.0718. The highest BCUT2D eigenvalue weighted by Gasteiger charge is 2.43. The van der Waals surface area contributed by atoms with Crippen molar-refractivity contribution in [3.63, 3.8) is 0 Å². The maximum Gasteiger partial charge on any atom is 0.261 e. The molecule has 6 nitrogen and oxygen atoms in total. The van der Waals surface area contributed by atoms with Gasteiger partial charge in [0.15, 0.2) is 0 Å². The number of nitrogens with one attached hydrogen (secondary N) is 1. The van der Waals surface area contributed by atoms with Gasteiger partial charge in [0.05, 0.1) is 5.02 Å². The molecule has 2 atom stereocenters. The predicted molar refractivity (Wildman–Crippen MR) is 115 cm³/mol. The molecule has 1 aromatic rings. The molecule has 0 bridgehead atoms. The molecule has 8 heteroatoms. The van der Waals surface area contributed by atoms with E-state index in [0.717, 1.165) is 25.7 Å². The third-order valence-corrected chi connectivity index (χ3v) is 6.64. The Balaban J connectivity index is 1.80. The maximum atomic E-state index is 13.4. The van der Waals surface area contributed by atoms with Gasteiger partial charge in [-0.2, -0.15) is 0 Å². The van der Waals surface area contributed by atoms with Gasteiger partial charge >= 0.3 is 0 Å². The lowest BCUT2D eigenvalue weighted by atomic mass is 9.94. The zero-order valence-corrected chi connectivity index (χ0v) is 17.8. The number of anilines is 1. The van der Waals surface area contributed by atoms with E-state index >= 15 is 0 Å². The summed E-state index contributed by atoms with van der Waals surface area (Å²) in [5.41, 5.74) is 13.5. The van der Waals surface area contributed by atoms with Crippen molar-refractivity contribution in [1.29, 1.82) is 0 Å². The molecule has 2 saturated carbocycles. The first kappa shape index (κ1) is 21.6. The number of rotatable bonds is 5. The van der Waals surface area contributed by atoms with E-state index in [1.165, 1.54) is 25.2 Å². The lowest BCUT2D eigenvalue weighted by Gasteiger charge is -2.22. The lowest BCUT2D eigenvalue weighted by Crippen LogP contribution is -2.31. The number of carbonyl (C=O) groups excluding carboxylic acids is 1. The van der Waals surface area contributed by atoms with Crippen LogP contribution >= 0.6 is 11.6 Å². The monoisotopic (exact) mass is 421 g/mol. The number of allylic oxidation sites excluding steroid dienone is 1. The van der Waals surface area contributed by atoms with Gasteiger partial charge in [-0.05, 0) is 75.7 Å². The number of amides is 1. The Morgan fingerprint density at radius 2 is 1.83 bits per heavy atom. The van der Waals surface area contributed by atoms with E-state index in [1.54, 1.807) is 0 Å². The second-order valence-electron chi connectivity index (χ2n) is 8.30. The zero-order chi connectivity index (χ0) is 21.3. The second kappa shape index (κ2) is 8.71. The van der Waals surface area contributed by atoms with Crippen molar-refractivity contribution < 1.29 is 9.18 Å². The molecule has 2 fully saturated rings. The number of aliphatic imine (C=N–C) groups is 1. The first-order valence-corrected chi connectivity index (χ1v) is 10.2. The number of hydrogen-bond acceptors (Lipinski definition) is 4. The summed E-state index contributed by atoms with van der Waals surface area (Å²) in [6.07, 6.45) is 4.23. The number of hydrogen-bond donors (Lipinski definition) is 3. The minimum Gasteiger partial charge on any atom is -0.401 e. The van der Waals surface area contributed by atoms with Gasteiger partial charge in [0.1, 0.15) is 17.2 Å². The molecule has 2 unspecified atom stereocenters. The van der Waals surface area contributed by atoms with E-state index in [0.29, 0.717) is 29.3 Å². The van der Waals surface area contributed by atoms with E-state index in [9.17, 15) is 9.18 Å². The first-order chi connectivity index (χ1) is 13.7. The van der Waals surface area contributed by atoms with Crippen LogP contribution in [-0.4, -0.2) is 43.8 Å². The normalized spacial score (nSPS) is 27.7. The Kier molecular flexibility index (Phi) is 6.49. The number of fused-ring (bicyclic) bond motifs is 1. The molecular weight excluding hydrogens is 393 g/mol. The molecule has 1 aromatic carbocycles. The Morgan fingerprint density at radius 1 is 1.21 bits per heavy atom. The highest BCUT2D eigenvalue weighted by atomic mass is 35.5. The zero-order valence-electron chi connectivity index (χ0n) is 17.1. The quantitative estimate of drug-likeness (QED) is 0.387. The number of carbonyl (C=O) groups is 1. The van der Waals surface area contributed by atoms with Gasteiger partial charge in [0.2, 0.25) is 0 Å². The van der Waals surface area contributed by atoms with Gasteiger partial charge in [0.25, 0.3) is 5.91 Å². The fourth-order valence-corrected chi connectivity index (χ4v) is 4.92. The SMILES string of the molecule is CN=C(N)/C(C(=O)Nc1ccc(F)c(Cl)c1)=C(\N)C1CC2CC(N(C)C)CC2C1. The van der Waals surface area contributed by atoms with Gasteiger partial charge in [-0.3, -0.25) is 9.79 Å². The van der Waals surface area contributed by atoms with Gasteiger partial charge in [-0.25, -0.2) is 4.39 Å². The van der Waals surface area contributed by atoms with Crippen LogP contribution in [0.15, 0.2) is 34.5 Å². The molecule has 0 spiro atoms. The smallest absolute Gasteiger partial charge is 0.261 e. The van der Waals surface area contributed by atoms with Gasteiger partial charge in [-0.15, -0.1) is 0 Å². The largest absolute Gasteiger partial charge is 0.401 e. The van der Waals surface area contributed by atoms with E-state index in [1.807, 2.05) is 0 Å². The fraction of sp³-hybridized carbons (Fsp3) is 0.524. The summed E-state index contributed by atoms with van der Waals surface area (Å²) in [5.74, 6) is 0.416. The van der Waals surface area contributed by atoms with E-state index in [2.05, 4.69) is 29.3 Å². The third kappa shape index (κ3) is 4.56. The summed E-state index contributed by atoms with van der Waals surface area (Å²) in [6.45, 7) is 0. The molecule has 158 valence electrons. The van der Waals surface area contributed by atoms with Crippen LogP contribution in [0.5, 0.6) is 0 Å². The molecule has 1 amide bonds. The van der Waals surface area contributed by atoms with Crippen LogP contribution in [-0.2, 0) is 4.79 Å². The summed E-state index contributed by atoms with van der Waals surface area (Å²) in [7, 11) is 5.77. The molecule has 0 saturated heterocycles. The Hall–Kier alpha value is -2.12. The molecule has 0 aliphatic heterocycles. The number of halogens is 2. The summed E-state index contributed by atoms with van der Waals surface area (Å²) in [6, 6.07) is 4.60. The first-order valence-electron chi connectivity index (χ1n) is 9.86. The van der Waals surface area contributed by atoms with Crippen LogP contribution in [0.3, 0.4) is 0 Å². The molecule has 29 heavy (non-hydrogen) atoms. The van der Waals surface area contributed by atoms with Crippen molar-refractivity contribution in [1.82, 2.24) is 4.90 Å². The number of benzene rings is 1. The van der Waals surface area contributed by atoms with E-state index in [4.69, 9.17) is 23.1 Å². The molecule has 2 aliphatic rings. The third-order valence-electron chi connectivity index (χ3n) is 6.35. The highest BCUT2D eigenvalue weighted by molar-refractivity contribution is 6.31. The molecule has 2 aliphatic carbocycles. The Labute approximate surface area is 176 Å². The van der Waals surface area contributed by atoms with Crippen LogP contribution < -0.4 is 16.8 Å². The topological polar surface area (TPSA) is 96.7 Å². The fourth-order valence-electron chi connectivity index (χ4n) is 4.74. The van der Waals surface area contributed by atoms with Crippen LogP contribution in [0.2, 0.25) is 5.02 Å². The van der Waals surface area contributed by atoms with Crippen molar-refractivity contribution in [3.8, 4) is 0 Å². The molecular formula is C21H29ClFN5O.